The molecule has 8 heteroatoms. The predicted octanol–water partition coefficient (Wildman–Crippen LogP) is 1.07. The van der Waals surface area contributed by atoms with Crippen molar-refractivity contribution in [3.8, 4) is 0 Å². The van der Waals surface area contributed by atoms with Crippen LogP contribution in [0, 0.1) is 0 Å². The second-order valence-corrected chi connectivity index (χ2v) is 3.63. The molecule has 0 unspecified atom stereocenters. The smallest absolute Gasteiger partial charge is 0.241 e. The highest BCUT2D eigenvalue weighted by atomic mass is 35.5. The zero-order valence-corrected chi connectivity index (χ0v) is 10.4. The van der Waals surface area contributed by atoms with Gasteiger partial charge in [0.25, 0.3) is 0 Å². The molecule has 1 aromatic rings. The first-order chi connectivity index (χ1) is 7.52. The SMILES string of the molecule is CCN(C)C(=O)CNc1nc(Cl)nc(Cl)n1. The van der Waals surface area contributed by atoms with E-state index < -0.39 is 0 Å². The highest BCUT2D eigenvalue weighted by molar-refractivity contribution is 6.31. The molecule has 0 atom stereocenters. The molecule has 1 rings (SSSR count). The Kier molecular flexibility index (Phi) is 4.70. The number of halogens is 2. The van der Waals surface area contributed by atoms with E-state index in [1.807, 2.05) is 6.92 Å². The van der Waals surface area contributed by atoms with E-state index in [4.69, 9.17) is 23.2 Å². The third-order valence-corrected chi connectivity index (χ3v) is 2.22. The normalized spacial score (nSPS) is 10.0. The van der Waals surface area contributed by atoms with Gasteiger partial charge in [-0.15, -0.1) is 0 Å². The lowest BCUT2D eigenvalue weighted by atomic mass is 10.5. The minimum Gasteiger partial charge on any atom is -0.345 e. The average molecular weight is 264 g/mol. The zero-order chi connectivity index (χ0) is 12.1. The van der Waals surface area contributed by atoms with E-state index >= 15 is 0 Å². The molecule has 1 N–H and O–H groups in total. The van der Waals surface area contributed by atoms with Crippen molar-refractivity contribution < 1.29 is 4.79 Å². The lowest BCUT2D eigenvalue weighted by Gasteiger charge is -2.14. The van der Waals surface area contributed by atoms with Gasteiger partial charge >= 0.3 is 0 Å². The number of nitrogens with zero attached hydrogens (tertiary/aromatic N) is 4. The van der Waals surface area contributed by atoms with E-state index in [2.05, 4.69) is 20.3 Å². The third-order valence-electron chi connectivity index (χ3n) is 1.88. The summed E-state index contributed by atoms with van der Waals surface area (Å²) in [6.45, 7) is 2.61. The number of anilines is 1. The van der Waals surface area contributed by atoms with E-state index in [1.54, 1.807) is 11.9 Å². The van der Waals surface area contributed by atoms with Gasteiger partial charge in [-0.1, -0.05) is 0 Å². The van der Waals surface area contributed by atoms with Crippen LogP contribution in [-0.4, -0.2) is 45.9 Å². The average Bonchev–Trinajstić information content (AvgIpc) is 2.23. The Morgan fingerprint density at radius 2 is 1.88 bits per heavy atom. The number of carbonyl (C=O) groups excluding carboxylic acids is 1. The first-order valence-corrected chi connectivity index (χ1v) is 5.33. The Bertz CT molecular complexity index is 366. The van der Waals surface area contributed by atoms with Crippen molar-refractivity contribution in [1.29, 1.82) is 0 Å². The molecular weight excluding hydrogens is 253 g/mol. The third kappa shape index (κ3) is 3.79. The molecule has 1 heterocycles. The summed E-state index contributed by atoms with van der Waals surface area (Å²) in [5.41, 5.74) is 0. The van der Waals surface area contributed by atoms with Crippen molar-refractivity contribution in [2.75, 3.05) is 25.5 Å². The van der Waals surface area contributed by atoms with E-state index in [0.717, 1.165) is 0 Å². The molecule has 0 aromatic carbocycles. The molecule has 0 saturated heterocycles. The fraction of sp³-hybridized carbons (Fsp3) is 0.500. The largest absolute Gasteiger partial charge is 0.345 e. The predicted molar refractivity (Wildman–Crippen MR) is 61.6 cm³/mol. The molecule has 0 fully saturated rings. The van der Waals surface area contributed by atoms with Crippen molar-refractivity contribution >= 4 is 35.1 Å². The van der Waals surface area contributed by atoms with Crippen molar-refractivity contribution in [2.45, 2.75) is 6.92 Å². The second-order valence-electron chi connectivity index (χ2n) is 2.96. The van der Waals surface area contributed by atoms with E-state index in [9.17, 15) is 4.79 Å². The van der Waals surface area contributed by atoms with Crippen LogP contribution >= 0.6 is 23.2 Å². The molecule has 0 aliphatic heterocycles. The van der Waals surface area contributed by atoms with Crippen molar-refractivity contribution in [1.82, 2.24) is 19.9 Å². The first-order valence-electron chi connectivity index (χ1n) is 4.57. The maximum atomic E-state index is 11.4. The Morgan fingerprint density at radius 3 is 2.38 bits per heavy atom. The van der Waals surface area contributed by atoms with E-state index in [1.165, 1.54) is 0 Å². The van der Waals surface area contributed by atoms with Crippen LogP contribution in [-0.2, 0) is 4.79 Å². The standard InChI is InChI=1S/C8H11Cl2N5O/c1-3-15(2)5(16)4-11-8-13-6(9)12-7(10)14-8/h3-4H2,1-2H3,(H,11,12,13,14). The van der Waals surface area contributed by atoms with Crippen LogP contribution in [0.2, 0.25) is 10.6 Å². The molecular formula is C8H11Cl2N5O. The first kappa shape index (κ1) is 12.9. The molecule has 0 spiro atoms. The second kappa shape index (κ2) is 5.81. The van der Waals surface area contributed by atoms with Gasteiger partial charge in [0, 0.05) is 13.6 Å². The molecule has 0 bridgehead atoms. The lowest BCUT2D eigenvalue weighted by molar-refractivity contribution is -0.127. The van der Waals surface area contributed by atoms with Crippen molar-refractivity contribution in [3.05, 3.63) is 10.6 Å². The summed E-state index contributed by atoms with van der Waals surface area (Å²) in [4.78, 5) is 24.1. The van der Waals surface area contributed by atoms with Gasteiger partial charge in [-0.25, -0.2) is 0 Å². The van der Waals surface area contributed by atoms with Crippen molar-refractivity contribution in [2.24, 2.45) is 0 Å². The maximum Gasteiger partial charge on any atom is 0.241 e. The number of likely N-dealkylation sites (N-methyl/N-ethyl adjacent to an activating group) is 1. The lowest BCUT2D eigenvalue weighted by Crippen LogP contribution is -2.32. The van der Waals surface area contributed by atoms with Gasteiger partial charge in [-0.05, 0) is 30.1 Å². The Morgan fingerprint density at radius 1 is 1.31 bits per heavy atom. The minimum atomic E-state index is -0.0739. The fourth-order valence-electron chi connectivity index (χ4n) is 0.871. The number of aromatic nitrogens is 3. The summed E-state index contributed by atoms with van der Waals surface area (Å²) in [6, 6.07) is 0. The van der Waals surface area contributed by atoms with Crippen LogP contribution in [0.3, 0.4) is 0 Å². The van der Waals surface area contributed by atoms with Crippen LogP contribution in [0.15, 0.2) is 0 Å². The Labute approximate surface area is 103 Å². The number of rotatable bonds is 4. The summed E-state index contributed by atoms with van der Waals surface area (Å²) in [6.07, 6.45) is 0. The number of hydrogen-bond donors (Lipinski definition) is 1. The number of amides is 1. The number of hydrogen-bond acceptors (Lipinski definition) is 5. The molecule has 0 aliphatic rings. The van der Waals surface area contributed by atoms with Gasteiger partial charge < -0.3 is 10.2 Å². The van der Waals surface area contributed by atoms with Gasteiger partial charge in [0.2, 0.25) is 22.4 Å². The van der Waals surface area contributed by atoms with E-state index in [0.29, 0.717) is 6.54 Å². The van der Waals surface area contributed by atoms with Gasteiger partial charge in [0.1, 0.15) is 0 Å². The molecule has 0 saturated carbocycles. The van der Waals surface area contributed by atoms with Crippen LogP contribution in [0.25, 0.3) is 0 Å². The van der Waals surface area contributed by atoms with Crippen LogP contribution < -0.4 is 5.32 Å². The van der Waals surface area contributed by atoms with Gasteiger partial charge in [-0.2, -0.15) is 15.0 Å². The molecule has 0 radical (unpaired) electrons. The summed E-state index contributed by atoms with van der Waals surface area (Å²) < 4.78 is 0. The summed E-state index contributed by atoms with van der Waals surface area (Å²) in [7, 11) is 1.71. The van der Waals surface area contributed by atoms with Crippen LogP contribution in [0.4, 0.5) is 5.95 Å². The monoisotopic (exact) mass is 263 g/mol. The Balaban J connectivity index is 2.58. The Hall–Kier alpha value is -1.14. The summed E-state index contributed by atoms with van der Waals surface area (Å²) in [5, 5.41) is 2.69. The summed E-state index contributed by atoms with van der Waals surface area (Å²) >= 11 is 11.1. The maximum absolute atomic E-state index is 11.4. The van der Waals surface area contributed by atoms with Crippen molar-refractivity contribution in [3.63, 3.8) is 0 Å². The molecule has 16 heavy (non-hydrogen) atoms. The minimum absolute atomic E-state index is 0.0150. The molecule has 1 amide bonds. The molecule has 1 aromatic heterocycles. The van der Waals surface area contributed by atoms with Gasteiger partial charge in [-0.3, -0.25) is 4.79 Å². The molecule has 0 aliphatic carbocycles. The molecule has 6 nitrogen and oxygen atoms in total. The quantitative estimate of drug-likeness (QED) is 0.880. The highest BCUT2D eigenvalue weighted by Gasteiger charge is 2.08. The topological polar surface area (TPSA) is 71.0 Å². The number of nitrogens with one attached hydrogen (secondary N) is 1. The van der Waals surface area contributed by atoms with Crippen LogP contribution in [0.1, 0.15) is 6.92 Å². The van der Waals surface area contributed by atoms with Crippen LogP contribution in [0.5, 0.6) is 0 Å². The number of carbonyl (C=O) groups is 1. The summed E-state index contributed by atoms with van der Waals surface area (Å²) in [5.74, 6) is 0.109. The fourth-order valence-corrected chi connectivity index (χ4v) is 1.23. The van der Waals surface area contributed by atoms with E-state index in [-0.39, 0.29) is 29.0 Å². The molecule has 88 valence electrons. The highest BCUT2D eigenvalue weighted by Crippen LogP contribution is 2.09. The van der Waals surface area contributed by atoms with Gasteiger partial charge in [0.15, 0.2) is 0 Å². The zero-order valence-electron chi connectivity index (χ0n) is 8.87. The van der Waals surface area contributed by atoms with Gasteiger partial charge in [0.05, 0.1) is 6.54 Å².